The molecule has 0 atom stereocenters. The van der Waals surface area contributed by atoms with E-state index in [0.717, 1.165) is 11.1 Å². The Bertz CT molecular complexity index is 1470. The lowest BCUT2D eigenvalue weighted by atomic mass is 10.0. The third kappa shape index (κ3) is 3.82. The molecule has 0 saturated carbocycles. The first-order chi connectivity index (χ1) is 16.0. The summed E-state index contributed by atoms with van der Waals surface area (Å²) < 4.78 is 24.0. The van der Waals surface area contributed by atoms with Crippen molar-refractivity contribution in [1.82, 2.24) is 19.4 Å². The third-order valence-corrected chi connectivity index (χ3v) is 5.39. The van der Waals surface area contributed by atoms with Crippen molar-refractivity contribution < 1.29 is 13.9 Å². The topological polar surface area (TPSA) is 73.5 Å². The highest BCUT2D eigenvalue weighted by molar-refractivity contribution is 6.04. The zero-order valence-electron chi connectivity index (χ0n) is 18.0. The van der Waals surface area contributed by atoms with Crippen LogP contribution in [-0.2, 0) is 7.05 Å². The number of para-hydroxylation sites is 1. The van der Waals surface area contributed by atoms with Crippen LogP contribution in [0.5, 0.6) is 5.75 Å². The van der Waals surface area contributed by atoms with Gasteiger partial charge in [-0.05, 0) is 35.9 Å². The monoisotopic (exact) mass is 441 g/mol. The molecule has 1 N–H and O–H groups in total. The molecule has 0 fully saturated rings. The number of aryl methyl sites for hydroxylation is 1. The van der Waals surface area contributed by atoms with Gasteiger partial charge in [0.15, 0.2) is 0 Å². The molecule has 0 saturated heterocycles. The Morgan fingerprint density at radius 1 is 0.970 bits per heavy atom. The van der Waals surface area contributed by atoms with Gasteiger partial charge in [0.1, 0.15) is 17.1 Å². The Hall–Kier alpha value is -4.46. The van der Waals surface area contributed by atoms with Crippen molar-refractivity contribution in [2.75, 3.05) is 12.4 Å². The number of benzene rings is 2. The lowest BCUT2D eigenvalue weighted by Gasteiger charge is -2.10. The maximum absolute atomic E-state index is 14.9. The van der Waals surface area contributed by atoms with Crippen molar-refractivity contribution in [1.29, 1.82) is 0 Å². The van der Waals surface area contributed by atoms with Gasteiger partial charge in [-0.25, -0.2) is 8.91 Å². The molecule has 3 aromatic heterocycles. The van der Waals surface area contributed by atoms with E-state index in [1.165, 1.54) is 12.1 Å². The van der Waals surface area contributed by atoms with E-state index in [4.69, 9.17) is 4.74 Å². The van der Waals surface area contributed by atoms with Crippen LogP contribution < -0.4 is 10.1 Å². The first kappa shape index (κ1) is 20.4. The third-order valence-electron chi connectivity index (χ3n) is 5.39. The standard InChI is InChI=1S/C25H20FN5O2/c1-30-14-18(12-27-30)17-11-23(33-2)24-21(13-28-31(24)15-17)16-8-9-20(22(26)10-16)25(32)29-19-6-4-3-5-7-19/h3-15H,1-2H3,(H,29,32). The number of ether oxygens (including phenoxy) is 1. The first-order valence-corrected chi connectivity index (χ1v) is 10.2. The van der Waals surface area contributed by atoms with Crippen LogP contribution in [0.1, 0.15) is 10.4 Å². The molecular formula is C25H20FN5O2. The smallest absolute Gasteiger partial charge is 0.258 e. The predicted octanol–water partition coefficient (Wildman–Crippen LogP) is 4.80. The van der Waals surface area contributed by atoms with Gasteiger partial charge in [0.05, 0.1) is 25.1 Å². The molecule has 0 aliphatic carbocycles. The molecule has 2 aromatic carbocycles. The van der Waals surface area contributed by atoms with E-state index >= 15 is 0 Å². The summed E-state index contributed by atoms with van der Waals surface area (Å²) in [6.45, 7) is 0. The normalized spacial score (nSPS) is 11.0. The number of aromatic nitrogens is 4. The van der Waals surface area contributed by atoms with E-state index in [0.29, 0.717) is 28.1 Å². The molecule has 1 amide bonds. The highest BCUT2D eigenvalue weighted by atomic mass is 19.1. The van der Waals surface area contributed by atoms with Gasteiger partial charge in [-0.1, -0.05) is 24.3 Å². The SMILES string of the molecule is COc1cc(-c2cnn(C)c2)cn2ncc(-c3ccc(C(=O)Nc4ccccc4)c(F)c3)c12. The molecule has 0 spiro atoms. The predicted molar refractivity (Wildman–Crippen MR) is 124 cm³/mol. The van der Waals surface area contributed by atoms with Crippen LogP contribution in [0.3, 0.4) is 0 Å². The molecule has 0 unspecified atom stereocenters. The maximum Gasteiger partial charge on any atom is 0.258 e. The molecule has 0 aliphatic heterocycles. The van der Waals surface area contributed by atoms with Crippen LogP contribution >= 0.6 is 0 Å². The molecule has 0 bridgehead atoms. The summed E-state index contributed by atoms with van der Waals surface area (Å²) in [6.07, 6.45) is 7.19. The van der Waals surface area contributed by atoms with Crippen LogP contribution in [0.2, 0.25) is 0 Å². The van der Waals surface area contributed by atoms with Gasteiger partial charge >= 0.3 is 0 Å². The Morgan fingerprint density at radius 3 is 2.48 bits per heavy atom. The van der Waals surface area contributed by atoms with Crippen molar-refractivity contribution >= 4 is 17.1 Å². The lowest BCUT2D eigenvalue weighted by Crippen LogP contribution is -2.13. The molecular weight excluding hydrogens is 421 g/mol. The molecule has 33 heavy (non-hydrogen) atoms. The number of carbonyl (C=O) groups excluding carboxylic acids is 1. The number of methoxy groups -OCH3 is 1. The Labute approximate surface area is 189 Å². The Kier molecular flexibility index (Phi) is 5.10. The molecule has 3 heterocycles. The van der Waals surface area contributed by atoms with Gasteiger partial charge < -0.3 is 10.1 Å². The fourth-order valence-corrected chi connectivity index (χ4v) is 3.77. The van der Waals surface area contributed by atoms with Crippen LogP contribution in [-0.4, -0.2) is 32.4 Å². The fraction of sp³-hybridized carbons (Fsp3) is 0.0800. The van der Waals surface area contributed by atoms with Crippen LogP contribution in [0.25, 0.3) is 27.8 Å². The van der Waals surface area contributed by atoms with Crippen molar-refractivity contribution in [2.45, 2.75) is 0 Å². The highest BCUT2D eigenvalue weighted by Crippen LogP contribution is 2.35. The minimum absolute atomic E-state index is 0.0371. The second-order valence-electron chi connectivity index (χ2n) is 7.57. The van der Waals surface area contributed by atoms with Crippen molar-refractivity contribution in [2.24, 2.45) is 7.05 Å². The number of rotatable bonds is 5. The number of hydrogen-bond donors (Lipinski definition) is 1. The number of pyridine rings is 1. The number of fused-ring (bicyclic) bond motifs is 1. The Morgan fingerprint density at radius 2 is 1.79 bits per heavy atom. The van der Waals surface area contributed by atoms with Crippen molar-refractivity contribution in [3.63, 3.8) is 0 Å². The first-order valence-electron chi connectivity index (χ1n) is 10.2. The van der Waals surface area contributed by atoms with Crippen molar-refractivity contribution in [3.05, 3.63) is 90.8 Å². The molecule has 7 nitrogen and oxygen atoms in total. The van der Waals surface area contributed by atoms with Crippen LogP contribution in [0, 0.1) is 5.82 Å². The number of hydrogen-bond acceptors (Lipinski definition) is 4. The van der Waals surface area contributed by atoms with Crippen LogP contribution in [0.4, 0.5) is 10.1 Å². The molecule has 0 aliphatic rings. The summed E-state index contributed by atoms with van der Waals surface area (Å²) in [6, 6.07) is 15.3. The van der Waals surface area contributed by atoms with E-state index in [1.807, 2.05) is 31.6 Å². The van der Waals surface area contributed by atoms with E-state index in [1.54, 1.807) is 59.0 Å². The van der Waals surface area contributed by atoms with E-state index in [9.17, 15) is 9.18 Å². The average molecular weight is 441 g/mol. The van der Waals surface area contributed by atoms with Gasteiger partial charge in [-0.2, -0.15) is 10.2 Å². The number of nitrogens with zero attached hydrogens (tertiary/aromatic N) is 4. The highest BCUT2D eigenvalue weighted by Gasteiger charge is 2.18. The Balaban J connectivity index is 1.51. The number of halogens is 1. The summed E-state index contributed by atoms with van der Waals surface area (Å²) in [4.78, 5) is 12.5. The zero-order valence-corrected chi connectivity index (χ0v) is 18.0. The van der Waals surface area contributed by atoms with E-state index < -0.39 is 11.7 Å². The second kappa shape index (κ2) is 8.23. The number of anilines is 1. The number of amides is 1. The molecule has 0 radical (unpaired) electrons. The lowest BCUT2D eigenvalue weighted by molar-refractivity contribution is 0.102. The van der Waals surface area contributed by atoms with Crippen LogP contribution in [0.15, 0.2) is 79.4 Å². The van der Waals surface area contributed by atoms with E-state index in [2.05, 4.69) is 15.5 Å². The zero-order chi connectivity index (χ0) is 22.9. The molecule has 164 valence electrons. The molecule has 5 aromatic rings. The summed E-state index contributed by atoms with van der Waals surface area (Å²) in [5.41, 5.74) is 4.36. The fourth-order valence-electron chi connectivity index (χ4n) is 3.77. The number of nitrogens with one attached hydrogen (secondary N) is 1. The minimum Gasteiger partial charge on any atom is -0.494 e. The van der Waals surface area contributed by atoms with Gasteiger partial charge in [-0.3, -0.25) is 9.48 Å². The quantitative estimate of drug-likeness (QED) is 0.425. The molecule has 5 rings (SSSR count). The minimum atomic E-state index is -0.619. The van der Waals surface area contributed by atoms with Gasteiger partial charge in [-0.15, -0.1) is 0 Å². The molecule has 8 heteroatoms. The average Bonchev–Trinajstić information content (AvgIpc) is 3.45. The summed E-state index contributed by atoms with van der Waals surface area (Å²) in [5.74, 6) is -0.537. The van der Waals surface area contributed by atoms with Crippen molar-refractivity contribution in [3.8, 4) is 28.0 Å². The van der Waals surface area contributed by atoms with Gasteiger partial charge in [0.2, 0.25) is 0 Å². The van der Waals surface area contributed by atoms with Gasteiger partial charge in [0.25, 0.3) is 5.91 Å². The number of carbonyl (C=O) groups is 1. The van der Waals surface area contributed by atoms with Gasteiger partial charge in [0, 0.05) is 41.8 Å². The summed E-state index contributed by atoms with van der Waals surface area (Å²) >= 11 is 0. The maximum atomic E-state index is 14.9. The second-order valence-corrected chi connectivity index (χ2v) is 7.57. The summed E-state index contributed by atoms with van der Waals surface area (Å²) in [7, 11) is 3.43. The largest absolute Gasteiger partial charge is 0.494 e. The summed E-state index contributed by atoms with van der Waals surface area (Å²) in [5, 5.41) is 11.4. The van der Waals surface area contributed by atoms with E-state index in [-0.39, 0.29) is 5.56 Å².